The summed E-state index contributed by atoms with van der Waals surface area (Å²) in [5.74, 6) is 0.155. The number of aromatic hydroxyl groups is 1. The third-order valence-electron chi connectivity index (χ3n) is 2.58. The first kappa shape index (κ1) is 8.85. The number of hydrogen-bond donors (Lipinski definition) is 2. The number of hydrogen-bond acceptors (Lipinski definition) is 2. The van der Waals surface area contributed by atoms with Crippen LogP contribution in [0, 0.1) is 6.92 Å². The molecule has 0 amide bonds. The second-order valence-electron chi connectivity index (χ2n) is 3.63. The molecule has 1 aliphatic rings. The molecule has 0 spiro atoms. The zero-order chi connectivity index (χ0) is 9.64. The molecule has 0 saturated heterocycles. The van der Waals surface area contributed by atoms with Gasteiger partial charge in [0.15, 0.2) is 0 Å². The molecule has 1 aromatic rings. The van der Waals surface area contributed by atoms with Crippen molar-refractivity contribution in [2.45, 2.75) is 25.4 Å². The standard InChI is InChI=1S/C10H11ClO2/c1-6-8(11)4-7(5-9(6)12)10(13)2-3-10/h4-5,12-13H,2-3H2,1H3. The minimum Gasteiger partial charge on any atom is -0.508 e. The summed E-state index contributed by atoms with van der Waals surface area (Å²) in [6, 6.07) is 3.32. The van der Waals surface area contributed by atoms with Crippen LogP contribution in [0.1, 0.15) is 24.0 Å². The molecule has 13 heavy (non-hydrogen) atoms. The maximum absolute atomic E-state index is 9.77. The molecule has 0 aromatic heterocycles. The van der Waals surface area contributed by atoms with E-state index in [2.05, 4.69) is 0 Å². The summed E-state index contributed by atoms with van der Waals surface area (Å²) in [7, 11) is 0. The summed E-state index contributed by atoms with van der Waals surface area (Å²) in [5.41, 5.74) is 0.657. The van der Waals surface area contributed by atoms with Gasteiger partial charge in [-0.15, -0.1) is 0 Å². The van der Waals surface area contributed by atoms with Gasteiger partial charge in [-0.05, 0) is 37.5 Å². The van der Waals surface area contributed by atoms with Gasteiger partial charge in [0.2, 0.25) is 0 Å². The van der Waals surface area contributed by atoms with E-state index < -0.39 is 5.60 Å². The molecule has 2 N–H and O–H groups in total. The summed E-state index contributed by atoms with van der Waals surface area (Å²) in [6.45, 7) is 1.75. The molecule has 3 heteroatoms. The summed E-state index contributed by atoms with van der Waals surface area (Å²) in [5, 5.41) is 19.8. The number of benzene rings is 1. The summed E-state index contributed by atoms with van der Waals surface area (Å²) < 4.78 is 0. The van der Waals surface area contributed by atoms with Gasteiger partial charge in [0.25, 0.3) is 0 Å². The van der Waals surface area contributed by atoms with Gasteiger partial charge in [0, 0.05) is 10.6 Å². The smallest absolute Gasteiger partial charge is 0.120 e. The van der Waals surface area contributed by atoms with Crippen molar-refractivity contribution in [2.75, 3.05) is 0 Å². The number of rotatable bonds is 1. The first-order valence-corrected chi connectivity index (χ1v) is 4.63. The largest absolute Gasteiger partial charge is 0.508 e. The molecule has 0 bridgehead atoms. The highest BCUT2D eigenvalue weighted by molar-refractivity contribution is 6.31. The van der Waals surface area contributed by atoms with Crippen molar-refractivity contribution in [3.05, 3.63) is 28.3 Å². The van der Waals surface area contributed by atoms with Crippen molar-refractivity contribution in [1.29, 1.82) is 0 Å². The van der Waals surface area contributed by atoms with E-state index in [0.29, 0.717) is 10.6 Å². The van der Waals surface area contributed by atoms with Crippen LogP contribution in [-0.4, -0.2) is 10.2 Å². The molecular formula is C10H11ClO2. The fourth-order valence-electron chi connectivity index (χ4n) is 1.34. The van der Waals surface area contributed by atoms with Crippen molar-refractivity contribution in [2.24, 2.45) is 0 Å². The second-order valence-corrected chi connectivity index (χ2v) is 4.04. The predicted octanol–water partition coefficient (Wildman–Crippen LogP) is 2.34. The van der Waals surface area contributed by atoms with Crippen LogP contribution in [0.5, 0.6) is 5.75 Å². The second kappa shape index (κ2) is 2.63. The van der Waals surface area contributed by atoms with E-state index in [-0.39, 0.29) is 5.75 Å². The van der Waals surface area contributed by atoms with Crippen LogP contribution in [0.15, 0.2) is 12.1 Å². The van der Waals surface area contributed by atoms with E-state index in [4.69, 9.17) is 11.6 Å². The van der Waals surface area contributed by atoms with Crippen molar-refractivity contribution in [1.82, 2.24) is 0 Å². The highest BCUT2D eigenvalue weighted by atomic mass is 35.5. The van der Waals surface area contributed by atoms with Gasteiger partial charge in [-0.3, -0.25) is 0 Å². The minimum atomic E-state index is -0.727. The zero-order valence-electron chi connectivity index (χ0n) is 7.34. The molecule has 2 nitrogen and oxygen atoms in total. The Hall–Kier alpha value is -0.730. The van der Waals surface area contributed by atoms with Crippen molar-refractivity contribution < 1.29 is 10.2 Å². The Morgan fingerprint density at radius 2 is 2.00 bits per heavy atom. The first-order valence-electron chi connectivity index (χ1n) is 4.25. The molecule has 70 valence electrons. The van der Waals surface area contributed by atoms with Gasteiger partial charge in [-0.25, -0.2) is 0 Å². The topological polar surface area (TPSA) is 40.5 Å². The Morgan fingerprint density at radius 1 is 1.38 bits per heavy atom. The van der Waals surface area contributed by atoms with E-state index in [1.54, 1.807) is 19.1 Å². The predicted molar refractivity (Wildman–Crippen MR) is 51.0 cm³/mol. The van der Waals surface area contributed by atoms with Gasteiger partial charge in [-0.1, -0.05) is 11.6 Å². The van der Waals surface area contributed by atoms with Gasteiger partial charge in [0.05, 0.1) is 5.60 Å². The summed E-state index contributed by atoms with van der Waals surface area (Å²) in [4.78, 5) is 0. The van der Waals surface area contributed by atoms with Crippen molar-refractivity contribution in [3.8, 4) is 5.75 Å². The third kappa shape index (κ3) is 1.40. The van der Waals surface area contributed by atoms with Gasteiger partial charge in [0.1, 0.15) is 5.75 Å². The highest BCUT2D eigenvalue weighted by Gasteiger charge is 2.42. The van der Waals surface area contributed by atoms with Crippen LogP contribution in [0.25, 0.3) is 0 Å². The molecule has 1 saturated carbocycles. The lowest BCUT2D eigenvalue weighted by Crippen LogP contribution is -2.04. The molecular weight excluding hydrogens is 188 g/mol. The number of phenols is 1. The van der Waals surface area contributed by atoms with Crippen LogP contribution in [0.2, 0.25) is 5.02 Å². The van der Waals surface area contributed by atoms with E-state index in [1.165, 1.54) is 0 Å². The quantitative estimate of drug-likeness (QED) is 0.727. The van der Waals surface area contributed by atoms with E-state index in [0.717, 1.165) is 18.4 Å². The zero-order valence-corrected chi connectivity index (χ0v) is 8.10. The average Bonchev–Trinajstić information content (AvgIpc) is 2.80. The normalized spacial score (nSPS) is 18.7. The molecule has 0 radical (unpaired) electrons. The summed E-state index contributed by atoms with van der Waals surface area (Å²) >= 11 is 5.88. The number of phenolic OH excluding ortho intramolecular Hbond substituents is 1. The molecule has 0 aliphatic heterocycles. The molecule has 1 aromatic carbocycles. The number of aliphatic hydroxyl groups is 1. The maximum atomic E-state index is 9.77. The van der Waals surface area contributed by atoms with Gasteiger partial charge in [-0.2, -0.15) is 0 Å². The average molecular weight is 199 g/mol. The highest BCUT2D eigenvalue weighted by Crippen LogP contribution is 2.47. The fourth-order valence-corrected chi connectivity index (χ4v) is 1.55. The monoisotopic (exact) mass is 198 g/mol. The van der Waals surface area contributed by atoms with Gasteiger partial charge < -0.3 is 10.2 Å². The fraction of sp³-hybridized carbons (Fsp3) is 0.400. The van der Waals surface area contributed by atoms with Crippen LogP contribution in [0.4, 0.5) is 0 Å². The van der Waals surface area contributed by atoms with Gasteiger partial charge >= 0.3 is 0 Å². The van der Waals surface area contributed by atoms with E-state index in [1.807, 2.05) is 0 Å². The van der Waals surface area contributed by atoms with Crippen molar-refractivity contribution in [3.63, 3.8) is 0 Å². The Morgan fingerprint density at radius 3 is 2.46 bits per heavy atom. The Labute approximate surface area is 81.8 Å². The van der Waals surface area contributed by atoms with Crippen LogP contribution >= 0.6 is 11.6 Å². The maximum Gasteiger partial charge on any atom is 0.120 e. The Bertz CT molecular complexity index is 333. The lowest BCUT2D eigenvalue weighted by Gasteiger charge is -2.10. The SMILES string of the molecule is Cc1c(O)cc(C2(O)CC2)cc1Cl. The molecule has 2 rings (SSSR count). The van der Waals surface area contributed by atoms with Crippen LogP contribution in [-0.2, 0) is 5.60 Å². The molecule has 0 heterocycles. The first-order chi connectivity index (χ1) is 6.03. The van der Waals surface area contributed by atoms with Crippen LogP contribution in [0.3, 0.4) is 0 Å². The molecule has 1 fully saturated rings. The Balaban J connectivity index is 2.50. The van der Waals surface area contributed by atoms with E-state index >= 15 is 0 Å². The Kier molecular flexibility index (Phi) is 1.79. The molecule has 1 aliphatic carbocycles. The third-order valence-corrected chi connectivity index (χ3v) is 2.97. The van der Waals surface area contributed by atoms with E-state index in [9.17, 15) is 10.2 Å². The molecule has 0 unspecified atom stereocenters. The lowest BCUT2D eigenvalue weighted by atomic mass is 10.1. The van der Waals surface area contributed by atoms with Crippen LogP contribution < -0.4 is 0 Å². The van der Waals surface area contributed by atoms with Crippen molar-refractivity contribution >= 4 is 11.6 Å². The lowest BCUT2D eigenvalue weighted by molar-refractivity contribution is 0.151. The summed E-state index contributed by atoms with van der Waals surface area (Å²) in [6.07, 6.45) is 1.51. The number of halogens is 1. The minimum absolute atomic E-state index is 0.155. The molecule has 0 atom stereocenters.